The number of fused-ring (bicyclic) bond motifs is 1. The molecule has 0 bridgehead atoms. The summed E-state index contributed by atoms with van der Waals surface area (Å²) in [6.45, 7) is 0. The van der Waals surface area contributed by atoms with Crippen LogP contribution in [-0.2, 0) is 10.0 Å². The smallest absolute Gasteiger partial charge is 0.238 e. The monoisotopic (exact) mass is 468 g/mol. The molecule has 144 valence electrons. The molecule has 1 aromatic carbocycles. The lowest BCUT2D eigenvalue weighted by Crippen LogP contribution is -2.12. The maximum atomic E-state index is 11.4. The van der Waals surface area contributed by atoms with Gasteiger partial charge in [0.05, 0.1) is 16.0 Å². The van der Waals surface area contributed by atoms with E-state index in [-0.39, 0.29) is 4.90 Å². The molecule has 4 aromatic rings. The summed E-state index contributed by atoms with van der Waals surface area (Å²) in [4.78, 5) is 11.7. The number of sulfonamides is 1. The molecule has 29 heavy (non-hydrogen) atoms. The number of nitrogens with zero attached hydrogens (tertiary/aromatic N) is 4. The highest BCUT2D eigenvalue weighted by atomic mass is 79.9. The molecule has 3 N–H and O–H groups in total. The normalized spacial score (nSPS) is 12.2. The number of pyridine rings is 1. The van der Waals surface area contributed by atoms with E-state index in [0.29, 0.717) is 22.6 Å². The van der Waals surface area contributed by atoms with Gasteiger partial charge < -0.3 is 9.55 Å². The number of benzene rings is 1. The molecule has 3 aromatic heterocycles. The van der Waals surface area contributed by atoms with Gasteiger partial charge in [-0.2, -0.15) is 5.26 Å². The maximum Gasteiger partial charge on any atom is 0.238 e. The molecule has 0 aliphatic heterocycles. The van der Waals surface area contributed by atoms with Crippen molar-refractivity contribution in [3.63, 3.8) is 0 Å². The maximum absolute atomic E-state index is 11.4. The van der Waals surface area contributed by atoms with Crippen molar-refractivity contribution in [1.29, 1.82) is 5.26 Å². The lowest BCUT2D eigenvalue weighted by Gasteiger charge is -2.08. The fourth-order valence-electron chi connectivity index (χ4n) is 2.85. The van der Waals surface area contributed by atoms with Crippen molar-refractivity contribution in [2.75, 3.05) is 0 Å². The predicted molar refractivity (Wildman–Crippen MR) is 112 cm³/mol. The molecular formula is C19H13BrN6O2S. The van der Waals surface area contributed by atoms with Crippen molar-refractivity contribution in [3.05, 3.63) is 70.8 Å². The average molecular weight is 469 g/mol. The second-order valence-corrected chi connectivity index (χ2v) is 8.60. The van der Waals surface area contributed by atoms with Crippen LogP contribution in [0, 0.1) is 11.3 Å². The van der Waals surface area contributed by atoms with Gasteiger partial charge in [0.15, 0.2) is 11.5 Å². The second kappa shape index (κ2) is 7.29. The molecule has 0 amide bonds. The number of aromatic nitrogens is 4. The zero-order valence-electron chi connectivity index (χ0n) is 14.7. The molecule has 4 rings (SSSR count). The predicted octanol–water partition coefficient (Wildman–Crippen LogP) is 3.22. The van der Waals surface area contributed by atoms with Gasteiger partial charge in [-0.1, -0.05) is 0 Å². The van der Waals surface area contributed by atoms with Gasteiger partial charge in [-0.15, -0.1) is 0 Å². The van der Waals surface area contributed by atoms with Gasteiger partial charge in [-0.25, -0.2) is 23.5 Å². The van der Waals surface area contributed by atoms with E-state index in [0.717, 1.165) is 15.9 Å². The molecular weight excluding hydrogens is 456 g/mol. The van der Waals surface area contributed by atoms with Crippen LogP contribution in [-0.4, -0.2) is 27.9 Å². The minimum atomic E-state index is -3.76. The number of nitriles is 1. The van der Waals surface area contributed by atoms with Crippen molar-refractivity contribution in [3.8, 4) is 11.8 Å². The summed E-state index contributed by atoms with van der Waals surface area (Å²) in [6.07, 6.45) is 5.14. The lowest BCUT2D eigenvalue weighted by molar-refractivity contribution is 0.598. The summed E-state index contributed by atoms with van der Waals surface area (Å²) in [6, 6.07) is 13.8. The highest BCUT2D eigenvalue weighted by molar-refractivity contribution is 9.10. The first kappa shape index (κ1) is 19.1. The standard InChI is InChI=1S/C19H13BrN6O2S/c20-13-9-17-19(23-11-13)25-18(24-17)12(10-21)8-15-2-1-7-26(15)14-3-5-16(6-4-14)29(22,27)28/h1-9,11H,(H2,22,27,28)(H,23,24,25). The Balaban J connectivity index is 1.74. The number of halogens is 1. The van der Waals surface area contributed by atoms with Gasteiger partial charge in [-0.05, 0) is 64.5 Å². The number of nitrogens with two attached hydrogens (primary N) is 1. The number of imidazole rings is 1. The topological polar surface area (TPSA) is 130 Å². The number of nitrogens with one attached hydrogen (secondary N) is 1. The summed E-state index contributed by atoms with van der Waals surface area (Å²) in [5, 5.41) is 14.8. The Labute approximate surface area is 174 Å². The first-order valence-corrected chi connectivity index (χ1v) is 10.6. The first-order valence-electron chi connectivity index (χ1n) is 8.29. The van der Waals surface area contributed by atoms with Crippen molar-refractivity contribution < 1.29 is 8.42 Å². The minimum Gasteiger partial charge on any atom is -0.336 e. The zero-order chi connectivity index (χ0) is 20.6. The lowest BCUT2D eigenvalue weighted by atomic mass is 10.2. The summed E-state index contributed by atoms with van der Waals surface area (Å²) in [5.74, 6) is 0.408. The number of hydrogen-bond acceptors (Lipinski definition) is 5. The fraction of sp³-hybridized carbons (Fsp3) is 0. The quantitative estimate of drug-likeness (QED) is 0.443. The molecule has 0 spiro atoms. The second-order valence-electron chi connectivity index (χ2n) is 6.12. The highest BCUT2D eigenvalue weighted by Crippen LogP contribution is 2.22. The van der Waals surface area contributed by atoms with Crippen LogP contribution in [0.25, 0.3) is 28.5 Å². The van der Waals surface area contributed by atoms with Crippen LogP contribution in [0.15, 0.2) is 64.2 Å². The van der Waals surface area contributed by atoms with Crippen molar-refractivity contribution >= 4 is 48.8 Å². The van der Waals surface area contributed by atoms with Crippen LogP contribution in [0.5, 0.6) is 0 Å². The van der Waals surface area contributed by atoms with E-state index >= 15 is 0 Å². The number of allylic oxidation sites excluding steroid dienone is 1. The number of H-pyrrole nitrogens is 1. The van der Waals surface area contributed by atoms with E-state index in [1.165, 1.54) is 12.1 Å². The molecule has 0 aliphatic rings. The van der Waals surface area contributed by atoms with Crippen LogP contribution < -0.4 is 5.14 Å². The molecule has 0 radical (unpaired) electrons. The molecule has 8 nitrogen and oxygen atoms in total. The largest absolute Gasteiger partial charge is 0.336 e. The summed E-state index contributed by atoms with van der Waals surface area (Å²) < 4.78 is 25.5. The van der Waals surface area contributed by atoms with E-state index in [2.05, 4.69) is 37.0 Å². The minimum absolute atomic E-state index is 0.0316. The van der Waals surface area contributed by atoms with E-state index in [9.17, 15) is 13.7 Å². The van der Waals surface area contributed by atoms with Gasteiger partial charge in [0, 0.05) is 28.2 Å². The third-order valence-electron chi connectivity index (χ3n) is 4.20. The van der Waals surface area contributed by atoms with Crippen molar-refractivity contribution in [1.82, 2.24) is 19.5 Å². The van der Waals surface area contributed by atoms with Crippen LogP contribution in [0.2, 0.25) is 0 Å². The van der Waals surface area contributed by atoms with Crippen molar-refractivity contribution in [2.24, 2.45) is 5.14 Å². The Kier molecular flexibility index (Phi) is 4.79. The Morgan fingerprint density at radius 2 is 2.03 bits per heavy atom. The Hall–Kier alpha value is -3.26. The number of hydrogen-bond donors (Lipinski definition) is 2. The summed E-state index contributed by atoms with van der Waals surface area (Å²) in [7, 11) is -3.76. The SMILES string of the molecule is N#CC(=Cc1cccn1-c1ccc(S(N)(=O)=O)cc1)c1nc2ncc(Br)cc2[nH]1. The third kappa shape index (κ3) is 3.84. The molecule has 0 aliphatic carbocycles. The number of rotatable bonds is 4. The van der Waals surface area contributed by atoms with Crippen LogP contribution in [0.4, 0.5) is 0 Å². The Morgan fingerprint density at radius 1 is 1.28 bits per heavy atom. The van der Waals surface area contributed by atoms with Crippen LogP contribution in [0.1, 0.15) is 11.5 Å². The first-order chi connectivity index (χ1) is 13.8. The molecule has 10 heteroatoms. The summed E-state index contributed by atoms with van der Waals surface area (Å²) in [5.41, 5.74) is 3.00. The third-order valence-corrected chi connectivity index (χ3v) is 5.56. The van der Waals surface area contributed by atoms with Gasteiger partial charge in [0.2, 0.25) is 10.0 Å². The molecule has 3 heterocycles. The van der Waals surface area contributed by atoms with E-state index in [1.54, 1.807) is 24.4 Å². The Morgan fingerprint density at radius 3 is 2.72 bits per heavy atom. The van der Waals surface area contributed by atoms with E-state index in [1.807, 2.05) is 29.0 Å². The van der Waals surface area contributed by atoms with Gasteiger partial charge in [0.25, 0.3) is 0 Å². The molecule has 0 unspecified atom stereocenters. The van der Waals surface area contributed by atoms with Crippen LogP contribution >= 0.6 is 15.9 Å². The summed E-state index contributed by atoms with van der Waals surface area (Å²) >= 11 is 3.36. The van der Waals surface area contributed by atoms with E-state index < -0.39 is 10.0 Å². The highest BCUT2D eigenvalue weighted by Gasteiger charge is 2.12. The molecule has 0 fully saturated rings. The molecule has 0 saturated heterocycles. The van der Waals surface area contributed by atoms with Crippen LogP contribution in [0.3, 0.4) is 0 Å². The fourth-order valence-corrected chi connectivity index (χ4v) is 3.69. The Bertz CT molecular complexity index is 1390. The number of aromatic amines is 1. The van der Waals surface area contributed by atoms with Gasteiger partial charge in [-0.3, -0.25) is 0 Å². The molecule has 0 atom stereocenters. The van der Waals surface area contributed by atoms with E-state index in [4.69, 9.17) is 5.14 Å². The number of primary sulfonamides is 1. The zero-order valence-corrected chi connectivity index (χ0v) is 17.1. The van der Waals surface area contributed by atoms with Gasteiger partial charge in [0.1, 0.15) is 6.07 Å². The van der Waals surface area contributed by atoms with Crippen molar-refractivity contribution in [2.45, 2.75) is 4.90 Å². The average Bonchev–Trinajstić information content (AvgIpc) is 3.31. The van der Waals surface area contributed by atoms with Gasteiger partial charge >= 0.3 is 0 Å². The molecule has 0 saturated carbocycles.